The van der Waals surface area contributed by atoms with Gasteiger partial charge in [-0.15, -0.1) is 0 Å². The van der Waals surface area contributed by atoms with Crippen LogP contribution >= 0.6 is 0 Å². The molecule has 1 N–H and O–H groups in total. The molecule has 92 valence electrons. The first kappa shape index (κ1) is 11.6. The molecule has 2 saturated heterocycles. The molecule has 17 heavy (non-hydrogen) atoms. The summed E-state index contributed by atoms with van der Waals surface area (Å²) in [6.07, 6.45) is -0.148. The van der Waals surface area contributed by atoms with Crippen molar-refractivity contribution in [3.05, 3.63) is 0 Å². The molecule has 2 aliphatic heterocycles. The van der Waals surface area contributed by atoms with E-state index in [1.807, 2.05) is 0 Å². The van der Waals surface area contributed by atoms with Crippen molar-refractivity contribution in [3.63, 3.8) is 0 Å². The number of likely N-dealkylation sites (tertiary alicyclic amines) is 2. The maximum atomic E-state index is 11.7. The number of amides is 3. The standard InChI is InChI=1S/C10H12N2O5/c1-11-7(13)3-6(9(11)15)12-4-5(10(16)17)2-8(12)14/h5-6H,2-4H2,1H3,(H,16,17). The van der Waals surface area contributed by atoms with E-state index in [4.69, 9.17) is 5.11 Å². The van der Waals surface area contributed by atoms with Gasteiger partial charge in [0.05, 0.1) is 12.3 Å². The molecule has 3 amide bonds. The largest absolute Gasteiger partial charge is 0.481 e. The van der Waals surface area contributed by atoms with Crippen LogP contribution in [-0.4, -0.2) is 58.2 Å². The van der Waals surface area contributed by atoms with Crippen LogP contribution in [0.5, 0.6) is 0 Å². The van der Waals surface area contributed by atoms with Gasteiger partial charge in [-0.1, -0.05) is 0 Å². The number of carbonyl (C=O) groups excluding carboxylic acids is 3. The van der Waals surface area contributed by atoms with Crippen molar-refractivity contribution in [2.45, 2.75) is 18.9 Å². The Labute approximate surface area is 97.0 Å². The monoisotopic (exact) mass is 240 g/mol. The third-order valence-corrected chi connectivity index (χ3v) is 3.24. The van der Waals surface area contributed by atoms with Gasteiger partial charge in [0, 0.05) is 20.0 Å². The Kier molecular flexibility index (Phi) is 2.60. The lowest BCUT2D eigenvalue weighted by atomic mass is 10.1. The fraction of sp³-hybridized carbons (Fsp3) is 0.600. The molecule has 2 unspecified atom stereocenters. The van der Waals surface area contributed by atoms with Gasteiger partial charge >= 0.3 is 5.97 Å². The molecule has 7 nitrogen and oxygen atoms in total. The van der Waals surface area contributed by atoms with Crippen molar-refractivity contribution in [1.82, 2.24) is 9.80 Å². The van der Waals surface area contributed by atoms with Crippen LogP contribution in [0, 0.1) is 5.92 Å². The molecule has 2 rings (SSSR count). The summed E-state index contributed by atoms with van der Waals surface area (Å²) < 4.78 is 0. The van der Waals surface area contributed by atoms with E-state index in [0.29, 0.717) is 0 Å². The average molecular weight is 240 g/mol. The second kappa shape index (κ2) is 3.83. The number of carboxylic acids is 1. The van der Waals surface area contributed by atoms with E-state index in [0.717, 1.165) is 4.90 Å². The first-order valence-corrected chi connectivity index (χ1v) is 5.24. The predicted octanol–water partition coefficient (Wildman–Crippen LogP) is -1.32. The van der Waals surface area contributed by atoms with E-state index in [1.165, 1.54) is 11.9 Å². The molecule has 0 aromatic heterocycles. The molecule has 0 aliphatic carbocycles. The van der Waals surface area contributed by atoms with Crippen LogP contribution in [0.4, 0.5) is 0 Å². The second-order valence-corrected chi connectivity index (χ2v) is 4.30. The minimum absolute atomic E-state index is 0.00565. The summed E-state index contributed by atoms with van der Waals surface area (Å²) in [4.78, 5) is 47.6. The molecular formula is C10H12N2O5. The fourth-order valence-corrected chi connectivity index (χ4v) is 2.18. The molecule has 0 bridgehead atoms. The Balaban J connectivity index is 2.14. The van der Waals surface area contributed by atoms with Crippen LogP contribution in [0.25, 0.3) is 0 Å². The topological polar surface area (TPSA) is 95.0 Å². The molecule has 7 heteroatoms. The average Bonchev–Trinajstić information content (AvgIpc) is 2.75. The van der Waals surface area contributed by atoms with Crippen molar-refractivity contribution < 1.29 is 24.3 Å². The number of hydrogen-bond donors (Lipinski definition) is 1. The lowest BCUT2D eigenvalue weighted by Gasteiger charge is -2.21. The van der Waals surface area contributed by atoms with Crippen LogP contribution in [0.3, 0.4) is 0 Å². The van der Waals surface area contributed by atoms with E-state index < -0.39 is 23.8 Å². The van der Waals surface area contributed by atoms with Gasteiger partial charge in [-0.2, -0.15) is 0 Å². The van der Waals surface area contributed by atoms with Gasteiger partial charge in [0.1, 0.15) is 6.04 Å². The molecule has 0 aromatic carbocycles. The summed E-state index contributed by atoms with van der Waals surface area (Å²) in [6.45, 7) is 0.00565. The molecule has 0 radical (unpaired) electrons. The molecule has 0 aromatic rings. The summed E-state index contributed by atoms with van der Waals surface area (Å²) in [5, 5.41) is 8.82. The van der Waals surface area contributed by atoms with E-state index in [2.05, 4.69) is 0 Å². The van der Waals surface area contributed by atoms with Crippen molar-refractivity contribution in [3.8, 4) is 0 Å². The summed E-state index contributed by atoms with van der Waals surface area (Å²) >= 11 is 0. The number of likely N-dealkylation sites (N-methyl/N-ethyl adjacent to an activating group) is 1. The number of nitrogens with zero attached hydrogens (tertiary/aromatic N) is 2. The third-order valence-electron chi connectivity index (χ3n) is 3.24. The highest BCUT2D eigenvalue weighted by molar-refractivity contribution is 6.07. The molecule has 2 heterocycles. The van der Waals surface area contributed by atoms with Crippen LogP contribution in [0.1, 0.15) is 12.8 Å². The first-order chi connectivity index (χ1) is 7.91. The number of imide groups is 1. The highest BCUT2D eigenvalue weighted by Crippen LogP contribution is 2.25. The van der Waals surface area contributed by atoms with Gasteiger partial charge in [-0.05, 0) is 0 Å². The van der Waals surface area contributed by atoms with E-state index in [1.54, 1.807) is 0 Å². The zero-order chi connectivity index (χ0) is 12.7. The van der Waals surface area contributed by atoms with Crippen LogP contribution in [-0.2, 0) is 19.2 Å². The lowest BCUT2D eigenvalue weighted by Crippen LogP contribution is -2.42. The molecule has 2 fully saturated rings. The maximum absolute atomic E-state index is 11.7. The Morgan fingerprint density at radius 2 is 1.88 bits per heavy atom. The van der Waals surface area contributed by atoms with Gasteiger partial charge in [0.2, 0.25) is 11.8 Å². The molecule has 2 aliphatic rings. The quantitative estimate of drug-likeness (QED) is 0.604. The van der Waals surface area contributed by atoms with Crippen molar-refractivity contribution in [1.29, 1.82) is 0 Å². The Morgan fingerprint density at radius 1 is 1.24 bits per heavy atom. The van der Waals surface area contributed by atoms with E-state index in [9.17, 15) is 19.2 Å². The number of carbonyl (C=O) groups is 4. The summed E-state index contributed by atoms with van der Waals surface area (Å²) in [7, 11) is 1.36. The lowest BCUT2D eigenvalue weighted by molar-refractivity contribution is -0.142. The van der Waals surface area contributed by atoms with Gasteiger partial charge in [-0.3, -0.25) is 24.1 Å². The van der Waals surface area contributed by atoms with Gasteiger partial charge in [-0.25, -0.2) is 0 Å². The second-order valence-electron chi connectivity index (χ2n) is 4.30. The van der Waals surface area contributed by atoms with E-state index in [-0.39, 0.29) is 31.2 Å². The minimum Gasteiger partial charge on any atom is -0.481 e. The molecule has 0 saturated carbocycles. The van der Waals surface area contributed by atoms with Crippen molar-refractivity contribution >= 4 is 23.7 Å². The van der Waals surface area contributed by atoms with Crippen LogP contribution in [0.15, 0.2) is 0 Å². The van der Waals surface area contributed by atoms with Crippen LogP contribution < -0.4 is 0 Å². The zero-order valence-corrected chi connectivity index (χ0v) is 9.25. The van der Waals surface area contributed by atoms with Crippen molar-refractivity contribution in [2.75, 3.05) is 13.6 Å². The predicted molar refractivity (Wildman–Crippen MR) is 53.6 cm³/mol. The smallest absolute Gasteiger partial charge is 0.308 e. The van der Waals surface area contributed by atoms with Crippen molar-refractivity contribution in [2.24, 2.45) is 5.92 Å². The molecule has 0 spiro atoms. The highest BCUT2D eigenvalue weighted by Gasteiger charge is 2.46. The number of aliphatic carboxylic acids is 1. The Bertz CT molecular complexity index is 419. The summed E-state index contributed by atoms with van der Waals surface area (Å²) in [5.74, 6) is -2.98. The third kappa shape index (κ3) is 1.77. The van der Waals surface area contributed by atoms with Gasteiger partial charge < -0.3 is 10.0 Å². The summed E-state index contributed by atoms with van der Waals surface area (Å²) in [5.41, 5.74) is 0. The van der Waals surface area contributed by atoms with Crippen LogP contribution in [0.2, 0.25) is 0 Å². The summed E-state index contributed by atoms with van der Waals surface area (Å²) in [6, 6.07) is -0.815. The highest BCUT2D eigenvalue weighted by atomic mass is 16.4. The minimum atomic E-state index is -1.05. The van der Waals surface area contributed by atoms with E-state index >= 15 is 0 Å². The maximum Gasteiger partial charge on any atom is 0.308 e. The van der Waals surface area contributed by atoms with Gasteiger partial charge in [0.15, 0.2) is 0 Å². The number of rotatable bonds is 2. The number of hydrogen-bond acceptors (Lipinski definition) is 4. The molecular weight excluding hydrogens is 228 g/mol. The normalized spacial score (nSPS) is 29.4. The molecule has 2 atom stereocenters. The fourth-order valence-electron chi connectivity index (χ4n) is 2.18. The zero-order valence-electron chi connectivity index (χ0n) is 9.25. The number of carboxylic acid groups (broad SMARTS) is 1. The van der Waals surface area contributed by atoms with Gasteiger partial charge in [0.25, 0.3) is 5.91 Å². The Hall–Kier alpha value is -1.92. The first-order valence-electron chi connectivity index (χ1n) is 5.24. The Morgan fingerprint density at radius 3 is 2.29 bits per heavy atom. The SMILES string of the molecule is CN1C(=O)CC(N2CC(C(=O)O)CC2=O)C1=O.